The lowest BCUT2D eigenvalue weighted by Gasteiger charge is -2.16. The summed E-state index contributed by atoms with van der Waals surface area (Å²) in [5.41, 5.74) is 9.25. The van der Waals surface area contributed by atoms with Gasteiger partial charge in [-0.1, -0.05) is 13.3 Å². The third kappa shape index (κ3) is 3.26. The van der Waals surface area contributed by atoms with Gasteiger partial charge in [0.1, 0.15) is 23.8 Å². The Hall–Kier alpha value is -2.34. The second-order valence-corrected chi connectivity index (χ2v) is 5.70. The fraction of sp³-hybridized carbons (Fsp3) is 0.571. The Labute approximate surface area is 143 Å². The number of fused-ring (bicyclic) bond motifs is 1. The Morgan fingerprint density at radius 1 is 1.40 bits per heavy atom. The van der Waals surface area contributed by atoms with Crippen LogP contribution < -0.4 is 11.2 Å². The molecule has 1 fully saturated rings. The molecule has 3 heterocycles. The largest absolute Gasteiger partial charge is 0.394 e. The molecule has 0 spiro atoms. The molecule has 1 aliphatic rings. The van der Waals surface area contributed by atoms with Gasteiger partial charge in [-0.2, -0.15) is 15.1 Å². The molecule has 11 heteroatoms. The molecule has 2 aromatic heterocycles. The number of nitrogen functional groups attached to an aromatic ring is 1. The lowest BCUT2D eigenvalue weighted by atomic mass is 10.1. The SMILES string of the molecule is CCC/C=N/Nc1nc(N)c2ncn(C3OC(CO)C(O)C3O)c2n1. The van der Waals surface area contributed by atoms with Crippen molar-refractivity contribution >= 4 is 29.1 Å². The van der Waals surface area contributed by atoms with Crippen molar-refractivity contribution in [3.05, 3.63) is 6.33 Å². The van der Waals surface area contributed by atoms with E-state index >= 15 is 0 Å². The summed E-state index contributed by atoms with van der Waals surface area (Å²) >= 11 is 0. The van der Waals surface area contributed by atoms with Crippen molar-refractivity contribution in [3.8, 4) is 0 Å². The molecule has 136 valence electrons. The highest BCUT2D eigenvalue weighted by atomic mass is 16.6. The molecule has 0 aliphatic carbocycles. The summed E-state index contributed by atoms with van der Waals surface area (Å²) < 4.78 is 6.94. The number of aromatic nitrogens is 4. The van der Waals surface area contributed by atoms with Gasteiger partial charge in [0.15, 0.2) is 17.7 Å². The van der Waals surface area contributed by atoms with Gasteiger partial charge < -0.3 is 25.8 Å². The number of anilines is 2. The van der Waals surface area contributed by atoms with Crippen molar-refractivity contribution < 1.29 is 20.1 Å². The minimum Gasteiger partial charge on any atom is -0.394 e. The third-order valence-electron chi connectivity index (χ3n) is 3.91. The molecule has 3 rings (SSSR count). The summed E-state index contributed by atoms with van der Waals surface area (Å²) in [6.45, 7) is 1.61. The van der Waals surface area contributed by atoms with Gasteiger partial charge in [0.05, 0.1) is 12.9 Å². The standard InChI is InChI=1S/C14H21N7O4/c1-2-3-4-17-20-14-18-11(15)8-12(19-14)21(6-16-8)13-10(24)9(23)7(5-22)25-13/h4,6-7,9-10,13,22-24H,2-3,5H2,1H3,(H3,15,18,19,20)/b17-4+. The summed E-state index contributed by atoms with van der Waals surface area (Å²) in [6, 6.07) is 0. The van der Waals surface area contributed by atoms with Gasteiger partial charge in [0.25, 0.3) is 0 Å². The number of rotatable bonds is 6. The second kappa shape index (κ2) is 7.27. The average Bonchev–Trinajstić information content (AvgIpc) is 3.14. The van der Waals surface area contributed by atoms with E-state index in [1.807, 2.05) is 6.92 Å². The van der Waals surface area contributed by atoms with Crippen LogP contribution in [0.15, 0.2) is 11.4 Å². The van der Waals surface area contributed by atoms with Crippen LogP contribution in [0.4, 0.5) is 11.8 Å². The zero-order valence-electron chi connectivity index (χ0n) is 13.6. The smallest absolute Gasteiger partial charge is 0.247 e. The average molecular weight is 351 g/mol. The van der Waals surface area contributed by atoms with Crippen molar-refractivity contribution in [2.45, 2.75) is 44.3 Å². The van der Waals surface area contributed by atoms with Gasteiger partial charge in [-0.05, 0) is 6.42 Å². The highest BCUT2D eigenvalue weighted by Crippen LogP contribution is 2.32. The number of unbranched alkanes of at least 4 members (excludes halogenated alkanes) is 1. The van der Waals surface area contributed by atoms with Crippen molar-refractivity contribution in [2.24, 2.45) is 5.10 Å². The maximum absolute atomic E-state index is 10.2. The lowest BCUT2D eigenvalue weighted by Crippen LogP contribution is -2.33. The summed E-state index contributed by atoms with van der Waals surface area (Å²) in [5, 5.41) is 33.3. The normalized spacial score (nSPS) is 26.7. The van der Waals surface area contributed by atoms with E-state index in [4.69, 9.17) is 10.5 Å². The zero-order valence-corrected chi connectivity index (χ0v) is 13.6. The number of aliphatic hydroxyl groups is 3. The fourth-order valence-corrected chi connectivity index (χ4v) is 2.58. The van der Waals surface area contributed by atoms with Crippen LogP contribution >= 0.6 is 0 Å². The number of imidazole rings is 1. The monoisotopic (exact) mass is 351 g/mol. The van der Waals surface area contributed by atoms with Crippen LogP contribution in [0.2, 0.25) is 0 Å². The van der Waals surface area contributed by atoms with Crippen LogP contribution in [0.25, 0.3) is 11.2 Å². The van der Waals surface area contributed by atoms with Crippen LogP contribution in [0.5, 0.6) is 0 Å². The van der Waals surface area contributed by atoms with Gasteiger partial charge in [-0.3, -0.25) is 4.57 Å². The molecule has 0 bridgehead atoms. The van der Waals surface area contributed by atoms with Crippen molar-refractivity contribution in [2.75, 3.05) is 17.8 Å². The van der Waals surface area contributed by atoms with Crippen LogP contribution in [0.3, 0.4) is 0 Å². The molecule has 1 saturated heterocycles. The molecular weight excluding hydrogens is 330 g/mol. The summed E-state index contributed by atoms with van der Waals surface area (Å²) in [7, 11) is 0. The Morgan fingerprint density at radius 2 is 2.20 bits per heavy atom. The number of nitrogens with two attached hydrogens (primary N) is 1. The molecule has 11 nitrogen and oxygen atoms in total. The van der Waals surface area contributed by atoms with E-state index in [1.165, 1.54) is 10.9 Å². The summed E-state index contributed by atoms with van der Waals surface area (Å²) in [6.07, 6.45) is 0.548. The van der Waals surface area contributed by atoms with E-state index in [1.54, 1.807) is 6.21 Å². The first-order valence-corrected chi connectivity index (χ1v) is 7.96. The topological polar surface area (TPSA) is 164 Å². The second-order valence-electron chi connectivity index (χ2n) is 5.70. The van der Waals surface area contributed by atoms with Crippen molar-refractivity contribution in [3.63, 3.8) is 0 Å². The molecule has 0 radical (unpaired) electrons. The number of hydrazone groups is 1. The predicted octanol–water partition coefficient (Wildman–Crippen LogP) is -0.782. The molecule has 25 heavy (non-hydrogen) atoms. The Kier molecular flexibility index (Phi) is 5.08. The van der Waals surface area contributed by atoms with Gasteiger partial charge in [0, 0.05) is 6.21 Å². The molecule has 2 aromatic rings. The number of ether oxygens (including phenoxy) is 1. The van der Waals surface area contributed by atoms with Gasteiger partial charge >= 0.3 is 0 Å². The quantitative estimate of drug-likeness (QED) is 0.331. The number of hydrogen-bond donors (Lipinski definition) is 5. The Morgan fingerprint density at radius 3 is 2.88 bits per heavy atom. The molecule has 0 saturated carbocycles. The van der Waals surface area contributed by atoms with E-state index < -0.39 is 31.1 Å². The molecular formula is C14H21N7O4. The van der Waals surface area contributed by atoms with Gasteiger partial charge in [0.2, 0.25) is 5.95 Å². The molecule has 4 unspecified atom stereocenters. The number of nitrogens with one attached hydrogen (secondary N) is 1. The van der Waals surface area contributed by atoms with Crippen molar-refractivity contribution in [1.29, 1.82) is 0 Å². The van der Waals surface area contributed by atoms with Crippen LogP contribution in [-0.4, -0.2) is 66.0 Å². The third-order valence-corrected chi connectivity index (χ3v) is 3.91. The Bertz CT molecular complexity index is 765. The molecule has 0 aromatic carbocycles. The van der Waals surface area contributed by atoms with Crippen LogP contribution in [-0.2, 0) is 4.74 Å². The summed E-state index contributed by atoms with van der Waals surface area (Å²) in [5.74, 6) is 0.314. The Balaban J connectivity index is 1.93. The van der Waals surface area contributed by atoms with Crippen molar-refractivity contribution in [1.82, 2.24) is 19.5 Å². The highest BCUT2D eigenvalue weighted by molar-refractivity contribution is 5.83. The maximum Gasteiger partial charge on any atom is 0.247 e. The fourth-order valence-electron chi connectivity index (χ4n) is 2.58. The zero-order chi connectivity index (χ0) is 18.0. The minimum atomic E-state index is -1.25. The first-order chi connectivity index (χ1) is 12.1. The van der Waals surface area contributed by atoms with E-state index in [-0.39, 0.29) is 11.8 Å². The first kappa shape index (κ1) is 17.5. The maximum atomic E-state index is 10.2. The van der Waals surface area contributed by atoms with Gasteiger partial charge in [-0.15, -0.1) is 0 Å². The molecule has 4 atom stereocenters. The van der Waals surface area contributed by atoms with Crippen LogP contribution in [0, 0.1) is 0 Å². The minimum absolute atomic E-state index is 0.142. The van der Waals surface area contributed by atoms with E-state index in [0.717, 1.165) is 12.8 Å². The van der Waals surface area contributed by atoms with E-state index in [2.05, 4.69) is 25.5 Å². The van der Waals surface area contributed by atoms with E-state index in [0.29, 0.717) is 11.2 Å². The lowest BCUT2D eigenvalue weighted by molar-refractivity contribution is -0.0511. The summed E-state index contributed by atoms with van der Waals surface area (Å²) in [4.78, 5) is 12.5. The highest BCUT2D eigenvalue weighted by Gasteiger charge is 2.44. The number of hydrogen-bond acceptors (Lipinski definition) is 10. The van der Waals surface area contributed by atoms with Crippen LogP contribution in [0.1, 0.15) is 26.0 Å². The number of nitrogens with zero attached hydrogens (tertiary/aromatic N) is 5. The van der Waals surface area contributed by atoms with Gasteiger partial charge in [-0.25, -0.2) is 10.4 Å². The first-order valence-electron chi connectivity index (χ1n) is 7.96. The molecule has 0 amide bonds. The number of aliphatic hydroxyl groups excluding tert-OH is 3. The predicted molar refractivity (Wildman–Crippen MR) is 89.8 cm³/mol. The molecule has 6 N–H and O–H groups in total. The molecule has 1 aliphatic heterocycles. The van der Waals surface area contributed by atoms with E-state index in [9.17, 15) is 15.3 Å².